The highest BCUT2D eigenvalue weighted by Gasteiger charge is 2.80. The first kappa shape index (κ1) is 12.8. The van der Waals surface area contributed by atoms with Crippen molar-refractivity contribution in [2.75, 3.05) is 0 Å². The Morgan fingerprint density at radius 1 is 1.15 bits per heavy atom. The number of aryl methyl sites for hydroxylation is 1. The van der Waals surface area contributed by atoms with E-state index in [1.54, 1.807) is 6.26 Å². The van der Waals surface area contributed by atoms with Gasteiger partial charge in [-0.15, -0.1) is 0 Å². The third-order valence-electron chi connectivity index (χ3n) is 4.65. The van der Waals surface area contributed by atoms with Gasteiger partial charge >= 0.3 is 0 Å². The largest absolute Gasteiger partial charge is 0.469 e. The Kier molecular flexibility index (Phi) is 2.62. The SMILES string of the molecule is O=C1c2ccccc2CC[C@]12[C@@H](c1ccco1)C2(Br)Br. The molecule has 0 unspecified atom stereocenters. The fourth-order valence-electron chi connectivity index (χ4n) is 3.57. The second kappa shape index (κ2) is 4.08. The summed E-state index contributed by atoms with van der Waals surface area (Å²) in [5, 5.41) is 0. The van der Waals surface area contributed by atoms with Gasteiger partial charge in [-0.05, 0) is 30.5 Å². The van der Waals surface area contributed by atoms with Gasteiger partial charge in [0.1, 0.15) is 8.99 Å². The van der Waals surface area contributed by atoms with Crippen molar-refractivity contribution in [1.82, 2.24) is 0 Å². The summed E-state index contributed by atoms with van der Waals surface area (Å²) >= 11 is 7.44. The molecular formula is C16H12Br2O2. The molecule has 1 heterocycles. The second-order valence-electron chi connectivity index (χ2n) is 5.53. The minimum atomic E-state index is -0.431. The van der Waals surface area contributed by atoms with Crippen LogP contribution in [0.4, 0.5) is 0 Å². The van der Waals surface area contributed by atoms with Gasteiger partial charge in [-0.1, -0.05) is 56.1 Å². The molecule has 0 amide bonds. The Morgan fingerprint density at radius 3 is 2.70 bits per heavy atom. The van der Waals surface area contributed by atoms with Gasteiger partial charge in [0.25, 0.3) is 0 Å². The highest BCUT2D eigenvalue weighted by molar-refractivity contribution is 9.25. The van der Waals surface area contributed by atoms with E-state index in [9.17, 15) is 4.79 Å². The molecule has 1 aromatic carbocycles. The number of ketones is 1. The molecule has 0 N–H and O–H groups in total. The number of Topliss-reactive ketones (excluding diaryl/α,β-unsaturated/α-hetero) is 1. The van der Waals surface area contributed by atoms with Gasteiger partial charge in [0.2, 0.25) is 0 Å². The van der Waals surface area contributed by atoms with Crippen LogP contribution in [0.2, 0.25) is 0 Å². The molecule has 1 spiro atoms. The quantitative estimate of drug-likeness (QED) is 0.656. The van der Waals surface area contributed by atoms with Gasteiger partial charge in [-0.3, -0.25) is 4.79 Å². The van der Waals surface area contributed by atoms with Gasteiger partial charge in [0, 0.05) is 5.56 Å². The standard InChI is InChI=1S/C16H12Br2O2/c17-16(18)13(12-6-3-9-20-12)15(16)8-7-10-4-1-2-5-11(10)14(15)19/h1-6,9,13H,7-8H2/t13-,15+/m1/s1. The Morgan fingerprint density at radius 2 is 1.95 bits per heavy atom. The molecule has 1 saturated carbocycles. The molecule has 0 aliphatic heterocycles. The molecule has 102 valence electrons. The highest BCUT2D eigenvalue weighted by Crippen LogP contribution is 2.79. The van der Waals surface area contributed by atoms with Crippen LogP contribution in [0.1, 0.15) is 34.0 Å². The Hall–Kier alpha value is -0.870. The van der Waals surface area contributed by atoms with Crippen molar-refractivity contribution in [3.05, 3.63) is 59.5 Å². The lowest BCUT2D eigenvalue weighted by Crippen LogP contribution is -2.28. The van der Waals surface area contributed by atoms with Crippen LogP contribution >= 0.6 is 31.9 Å². The zero-order valence-corrected chi connectivity index (χ0v) is 13.8. The molecular weight excluding hydrogens is 384 g/mol. The maximum absolute atomic E-state index is 13.0. The summed E-state index contributed by atoms with van der Waals surface area (Å²) in [7, 11) is 0. The molecule has 2 aliphatic carbocycles. The van der Waals surface area contributed by atoms with Crippen molar-refractivity contribution in [2.24, 2.45) is 5.41 Å². The fraction of sp³-hybridized carbons (Fsp3) is 0.312. The summed E-state index contributed by atoms with van der Waals surface area (Å²) in [6, 6.07) is 11.7. The van der Waals surface area contributed by atoms with E-state index in [4.69, 9.17) is 4.42 Å². The maximum Gasteiger partial charge on any atom is 0.172 e. The average Bonchev–Trinajstić information content (AvgIpc) is 2.82. The molecule has 0 saturated heterocycles. The van der Waals surface area contributed by atoms with E-state index in [-0.39, 0.29) is 11.7 Å². The summed E-state index contributed by atoms with van der Waals surface area (Å²) in [6.45, 7) is 0. The summed E-state index contributed by atoms with van der Waals surface area (Å²) in [6.07, 6.45) is 3.43. The molecule has 0 bridgehead atoms. The van der Waals surface area contributed by atoms with Crippen LogP contribution in [0.25, 0.3) is 0 Å². The number of carbonyl (C=O) groups is 1. The average molecular weight is 396 g/mol. The second-order valence-corrected chi connectivity index (χ2v) is 9.09. The first-order valence-corrected chi connectivity index (χ1v) is 8.21. The van der Waals surface area contributed by atoms with Gasteiger partial charge in [0.15, 0.2) is 5.78 Å². The number of hydrogen-bond acceptors (Lipinski definition) is 2. The highest BCUT2D eigenvalue weighted by atomic mass is 79.9. The minimum absolute atomic E-state index is 0.0471. The zero-order valence-electron chi connectivity index (χ0n) is 10.6. The molecule has 1 aromatic heterocycles. The number of benzene rings is 1. The van der Waals surface area contributed by atoms with Crippen LogP contribution < -0.4 is 0 Å². The maximum atomic E-state index is 13.0. The number of halogens is 2. The number of carbonyl (C=O) groups excluding carboxylic acids is 1. The fourth-order valence-corrected chi connectivity index (χ4v) is 5.79. The van der Waals surface area contributed by atoms with Gasteiger partial charge in [-0.25, -0.2) is 0 Å². The summed E-state index contributed by atoms with van der Waals surface area (Å²) in [4.78, 5) is 13.0. The topological polar surface area (TPSA) is 30.2 Å². The molecule has 4 heteroatoms. The minimum Gasteiger partial charge on any atom is -0.469 e. The zero-order chi connectivity index (χ0) is 14.0. The van der Waals surface area contributed by atoms with Crippen molar-refractivity contribution < 1.29 is 9.21 Å². The normalized spacial score (nSPS) is 30.3. The molecule has 2 atom stereocenters. The van der Waals surface area contributed by atoms with Gasteiger partial charge in [0.05, 0.1) is 17.6 Å². The smallest absolute Gasteiger partial charge is 0.172 e. The van der Waals surface area contributed by atoms with E-state index in [0.29, 0.717) is 0 Å². The number of furan rings is 1. The lowest BCUT2D eigenvalue weighted by atomic mass is 9.78. The van der Waals surface area contributed by atoms with Crippen molar-refractivity contribution in [1.29, 1.82) is 0 Å². The first-order chi connectivity index (χ1) is 9.59. The van der Waals surface area contributed by atoms with E-state index in [1.165, 1.54) is 0 Å². The van der Waals surface area contributed by atoms with Gasteiger partial charge in [-0.2, -0.15) is 0 Å². The van der Waals surface area contributed by atoms with E-state index >= 15 is 0 Å². The van der Waals surface area contributed by atoms with Crippen LogP contribution in [0.15, 0.2) is 47.1 Å². The van der Waals surface area contributed by atoms with Crippen LogP contribution in [0.5, 0.6) is 0 Å². The molecule has 0 radical (unpaired) electrons. The Balaban J connectivity index is 1.82. The number of rotatable bonds is 1. The Bertz CT molecular complexity index is 690. The molecule has 2 aromatic rings. The molecule has 1 fully saturated rings. The number of fused-ring (bicyclic) bond motifs is 1. The van der Waals surface area contributed by atoms with Gasteiger partial charge < -0.3 is 4.42 Å². The summed E-state index contributed by atoms with van der Waals surface area (Å²) in [5.74, 6) is 1.13. The lowest BCUT2D eigenvalue weighted by molar-refractivity contribution is 0.0872. The van der Waals surface area contributed by atoms with Crippen LogP contribution in [-0.4, -0.2) is 9.02 Å². The molecule has 2 nitrogen and oxygen atoms in total. The van der Waals surface area contributed by atoms with Crippen molar-refractivity contribution in [3.8, 4) is 0 Å². The first-order valence-electron chi connectivity index (χ1n) is 6.63. The molecule has 20 heavy (non-hydrogen) atoms. The predicted molar refractivity (Wildman–Crippen MR) is 83.6 cm³/mol. The van der Waals surface area contributed by atoms with Crippen LogP contribution in [-0.2, 0) is 6.42 Å². The number of alkyl halides is 2. The third kappa shape index (κ3) is 1.41. The number of hydrogen-bond donors (Lipinski definition) is 0. The van der Waals surface area contributed by atoms with E-state index in [2.05, 4.69) is 37.9 Å². The van der Waals surface area contributed by atoms with Crippen molar-refractivity contribution in [3.63, 3.8) is 0 Å². The van der Waals surface area contributed by atoms with E-state index in [1.807, 2.05) is 30.3 Å². The van der Waals surface area contributed by atoms with Crippen LogP contribution in [0, 0.1) is 5.41 Å². The third-order valence-corrected chi connectivity index (χ3v) is 6.98. The van der Waals surface area contributed by atoms with Crippen molar-refractivity contribution >= 4 is 37.6 Å². The molecule has 2 aliphatic rings. The summed E-state index contributed by atoms with van der Waals surface area (Å²) in [5.41, 5.74) is 1.58. The summed E-state index contributed by atoms with van der Waals surface area (Å²) < 4.78 is 5.15. The lowest BCUT2D eigenvalue weighted by Gasteiger charge is -2.25. The van der Waals surface area contributed by atoms with Crippen molar-refractivity contribution in [2.45, 2.75) is 22.0 Å². The molecule has 4 rings (SSSR count). The Labute approximate surface area is 133 Å². The van der Waals surface area contributed by atoms with E-state index in [0.717, 1.165) is 29.7 Å². The van der Waals surface area contributed by atoms with Crippen LogP contribution in [0.3, 0.4) is 0 Å². The monoisotopic (exact) mass is 394 g/mol. The van der Waals surface area contributed by atoms with E-state index < -0.39 is 8.65 Å². The predicted octanol–water partition coefficient (Wildman–Crippen LogP) is 4.68.